The number of H-pyrrole nitrogens is 1. The van der Waals surface area contributed by atoms with Gasteiger partial charge in [0.25, 0.3) is 5.91 Å². The Morgan fingerprint density at radius 2 is 2.04 bits per heavy atom. The van der Waals surface area contributed by atoms with Crippen LogP contribution in [0.2, 0.25) is 0 Å². The van der Waals surface area contributed by atoms with Crippen molar-refractivity contribution in [2.45, 2.75) is 30.6 Å². The number of sulfonamides is 1. The first-order chi connectivity index (χ1) is 11.4. The first-order valence-electron chi connectivity index (χ1n) is 7.78. The Morgan fingerprint density at radius 3 is 2.62 bits per heavy atom. The number of carbonyl (C=O) groups excluding carboxylic acids is 1. The largest absolute Gasteiger partial charge is 0.348 e. The molecule has 1 saturated heterocycles. The molecule has 1 aromatic heterocycles. The van der Waals surface area contributed by atoms with Crippen LogP contribution in [0.4, 0.5) is 0 Å². The van der Waals surface area contributed by atoms with Gasteiger partial charge in [-0.3, -0.25) is 4.79 Å². The maximum Gasteiger partial charge on any atom is 0.254 e. The molecule has 0 bridgehead atoms. The number of nitrogens with zero attached hydrogens (tertiary/aromatic N) is 2. The molecule has 1 aliphatic rings. The zero-order chi connectivity index (χ0) is 17.3. The lowest BCUT2D eigenvalue weighted by atomic mass is 9.93. The molecule has 0 radical (unpaired) electrons. The molecule has 7 nitrogen and oxygen atoms in total. The Morgan fingerprint density at radius 1 is 1.33 bits per heavy atom. The maximum atomic E-state index is 12.8. The van der Waals surface area contributed by atoms with E-state index in [1.807, 2.05) is 6.20 Å². The number of piperidine rings is 1. The molecule has 0 aliphatic carbocycles. The molecule has 3 rings (SSSR count). The molecule has 0 atom stereocenters. The molecule has 1 aliphatic heterocycles. The van der Waals surface area contributed by atoms with Crippen molar-refractivity contribution in [2.24, 2.45) is 5.14 Å². The number of likely N-dealkylation sites (tertiary alicyclic amines) is 1. The van der Waals surface area contributed by atoms with Gasteiger partial charge in [-0.1, -0.05) is 6.07 Å². The van der Waals surface area contributed by atoms with E-state index in [1.165, 1.54) is 6.07 Å². The van der Waals surface area contributed by atoms with E-state index in [9.17, 15) is 13.2 Å². The third kappa shape index (κ3) is 3.20. The van der Waals surface area contributed by atoms with Crippen molar-refractivity contribution >= 4 is 15.9 Å². The predicted octanol–water partition coefficient (Wildman–Crippen LogP) is 1.39. The van der Waals surface area contributed by atoms with Crippen LogP contribution in [0.5, 0.6) is 0 Å². The quantitative estimate of drug-likeness (QED) is 0.873. The summed E-state index contributed by atoms with van der Waals surface area (Å²) in [7, 11) is -3.84. The highest BCUT2D eigenvalue weighted by molar-refractivity contribution is 7.89. The normalized spacial score (nSPS) is 16.3. The molecule has 0 unspecified atom stereocenters. The fourth-order valence-corrected chi connectivity index (χ4v) is 4.01. The Labute approximate surface area is 140 Å². The summed E-state index contributed by atoms with van der Waals surface area (Å²) < 4.78 is 23.2. The second-order valence-electron chi connectivity index (χ2n) is 6.05. The van der Waals surface area contributed by atoms with Gasteiger partial charge in [0, 0.05) is 36.5 Å². The second-order valence-corrected chi connectivity index (χ2v) is 7.58. The highest BCUT2D eigenvalue weighted by atomic mass is 32.2. The summed E-state index contributed by atoms with van der Waals surface area (Å²) in [4.78, 5) is 21.7. The van der Waals surface area contributed by atoms with Crippen LogP contribution in [-0.2, 0) is 10.0 Å². The van der Waals surface area contributed by atoms with E-state index >= 15 is 0 Å². The van der Waals surface area contributed by atoms with Crippen LogP contribution >= 0.6 is 0 Å². The number of carbonyl (C=O) groups is 1. The molecule has 1 aromatic carbocycles. The van der Waals surface area contributed by atoms with E-state index in [-0.39, 0.29) is 10.8 Å². The molecule has 128 valence electrons. The number of nitrogens with two attached hydrogens (primary N) is 1. The van der Waals surface area contributed by atoms with Crippen molar-refractivity contribution in [1.29, 1.82) is 0 Å². The van der Waals surface area contributed by atoms with Crippen molar-refractivity contribution in [3.63, 3.8) is 0 Å². The SMILES string of the molecule is Cc1c(C(=O)N2CCC(c3cnc[nH]3)CC2)cccc1S(N)(=O)=O. The van der Waals surface area contributed by atoms with Crippen LogP contribution in [0.3, 0.4) is 0 Å². The topological polar surface area (TPSA) is 109 Å². The van der Waals surface area contributed by atoms with E-state index < -0.39 is 10.0 Å². The lowest BCUT2D eigenvalue weighted by Gasteiger charge is -2.32. The Balaban J connectivity index is 1.77. The number of benzene rings is 1. The van der Waals surface area contributed by atoms with Crippen molar-refractivity contribution < 1.29 is 13.2 Å². The van der Waals surface area contributed by atoms with Gasteiger partial charge >= 0.3 is 0 Å². The molecule has 3 N–H and O–H groups in total. The number of hydrogen-bond acceptors (Lipinski definition) is 4. The Hall–Kier alpha value is -2.19. The van der Waals surface area contributed by atoms with Crippen molar-refractivity contribution in [2.75, 3.05) is 13.1 Å². The molecule has 0 saturated carbocycles. The maximum absolute atomic E-state index is 12.8. The second kappa shape index (κ2) is 6.37. The monoisotopic (exact) mass is 348 g/mol. The summed E-state index contributed by atoms with van der Waals surface area (Å²) in [6, 6.07) is 4.62. The number of amides is 1. The zero-order valence-electron chi connectivity index (χ0n) is 13.4. The fourth-order valence-electron chi connectivity index (χ4n) is 3.21. The molecule has 24 heavy (non-hydrogen) atoms. The summed E-state index contributed by atoms with van der Waals surface area (Å²) in [6.45, 7) is 2.87. The average molecular weight is 348 g/mol. The van der Waals surface area contributed by atoms with E-state index in [0.717, 1.165) is 18.5 Å². The molecular formula is C16H20N4O3S. The summed E-state index contributed by atoms with van der Waals surface area (Å²) in [5, 5.41) is 5.22. The Bertz CT molecular complexity index is 838. The lowest BCUT2D eigenvalue weighted by Crippen LogP contribution is -2.38. The summed E-state index contributed by atoms with van der Waals surface area (Å²) in [5.74, 6) is 0.217. The van der Waals surface area contributed by atoms with Gasteiger partial charge in [0.2, 0.25) is 10.0 Å². The third-order valence-corrected chi connectivity index (χ3v) is 5.62. The van der Waals surface area contributed by atoms with Crippen LogP contribution in [0, 0.1) is 6.92 Å². The molecule has 2 heterocycles. The highest BCUT2D eigenvalue weighted by Gasteiger charge is 2.27. The number of primary sulfonamides is 1. The molecule has 0 spiro atoms. The van der Waals surface area contributed by atoms with Gasteiger partial charge in [-0.15, -0.1) is 0 Å². The zero-order valence-corrected chi connectivity index (χ0v) is 14.2. The lowest BCUT2D eigenvalue weighted by molar-refractivity contribution is 0.0711. The van der Waals surface area contributed by atoms with Gasteiger partial charge in [0.15, 0.2) is 0 Å². The first-order valence-corrected chi connectivity index (χ1v) is 9.32. The van der Waals surface area contributed by atoms with Gasteiger partial charge < -0.3 is 9.88 Å². The number of rotatable bonds is 3. The van der Waals surface area contributed by atoms with Crippen LogP contribution < -0.4 is 5.14 Å². The summed E-state index contributed by atoms with van der Waals surface area (Å²) >= 11 is 0. The average Bonchev–Trinajstić information content (AvgIpc) is 3.08. The van der Waals surface area contributed by atoms with Crippen molar-refractivity contribution in [3.05, 3.63) is 47.5 Å². The summed E-state index contributed by atoms with van der Waals surface area (Å²) in [5.41, 5.74) is 1.89. The Kier molecular flexibility index (Phi) is 4.42. The van der Waals surface area contributed by atoms with E-state index in [0.29, 0.717) is 30.1 Å². The highest BCUT2D eigenvalue weighted by Crippen LogP contribution is 2.28. The van der Waals surface area contributed by atoms with Gasteiger partial charge in [-0.05, 0) is 37.5 Å². The molecule has 2 aromatic rings. The van der Waals surface area contributed by atoms with Crippen molar-refractivity contribution in [1.82, 2.24) is 14.9 Å². The molecule has 8 heteroatoms. The van der Waals surface area contributed by atoms with E-state index in [1.54, 1.807) is 30.3 Å². The number of nitrogens with one attached hydrogen (secondary N) is 1. The number of hydrogen-bond donors (Lipinski definition) is 2. The minimum Gasteiger partial charge on any atom is -0.348 e. The molecule has 1 fully saturated rings. The van der Waals surface area contributed by atoms with E-state index in [4.69, 9.17) is 5.14 Å². The standard InChI is InChI=1S/C16H20N4O3S/c1-11-13(3-2-4-15(11)24(17,22)23)16(21)20-7-5-12(6-8-20)14-9-18-10-19-14/h2-4,9-10,12H,5-8H2,1H3,(H,18,19)(H2,17,22,23). The van der Waals surface area contributed by atoms with Crippen molar-refractivity contribution in [3.8, 4) is 0 Å². The van der Waals surface area contributed by atoms with E-state index in [2.05, 4.69) is 9.97 Å². The first kappa shape index (κ1) is 16.7. The van der Waals surface area contributed by atoms with Crippen LogP contribution in [0.15, 0.2) is 35.6 Å². The number of imidazole rings is 1. The number of aromatic amines is 1. The molecular weight excluding hydrogens is 328 g/mol. The predicted molar refractivity (Wildman–Crippen MR) is 89.0 cm³/mol. The minimum absolute atomic E-state index is 0.000644. The van der Waals surface area contributed by atoms with Crippen LogP contribution in [0.25, 0.3) is 0 Å². The van der Waals surface area contributed by atoms with Crippen LogP contribution in [0.1, 0.15) is 40.4 Å². The number of aromatic nitrogens is 2. The van der Waals surface area contributed by atoms with Crippen LogP contribution in [-0.4, -0.2) is 42.3 Å². The van der Waals surface area contributed by atoms with Gasteiger partial charge in [-0.25, -0.2) is 18.5 Å². The van der Waals surface area contributed by atoms with Gasteiger partial charge in [-0.2, -0.15) is 0 Å². The summed E-state index contributed by atoms with van der Waals surface area (Å²) in [6.07, 6.45) is 5.18. The minimum atomic E-state index is -3.84. The molecule has 1 amide bonds. The fraction of sp³-hybridized carbons (Fsp3) is 0.375. The smallest absolute Gasteiger partial charge is 0.254 e. The third-order valence-electron chi connectivity index (χ3n) is 4.56. The van der Waals surface area contributed by atoms with Gasteiger partial charge in [0.05, 0.1) is 11.2 Å². The van der Waals surface area contributed by atoms with Gasteiger partial charge in [0.1, 0.15) is 0 Å².